The molecule has 5 nitrogen and oxygen atoms in total. The monoisotopic (exact) mass is 447 g/mol. The molecule has 0 unspecified atom stereocenters. The smallest absolute Gasteiger partial charge is 0.199 e. The average Bonchev–Trinajstić information content (AvgIpc) is 2.74. The van der Waals surface area contributed by atoms with Crippen molar-refractivity contribution in [1.82, 2.24) is 4.90 Å². The molecule has 0 aromatic heterocycles. The summed E-state index contributed by atoms with van der Waals surface area (Å²) in [6.45, 7) is 10.2. The van der Waals surface area contributed by atoms with Gasteiger partial charge in [-0.1, -0.05) is 44.9 Å². The van der Waals surface area contributed by atoms with Gasteiger partial charge in [-0.3, -0.25) is 4.90 Å². The van der Waals surface area contributed by atoms with Gasteiger partial charge in [0.15, 0.2) is 10.3 Å². The Morgan fingerprint density at radius 2 is 1.80 bits per heavy atom. The minimum atomic E-state index is 0.429. The summed E-state index contributed by atoms with van der Waals surface area (Å²) in [4.78, 5) is 9.38. The second kappa shape index (κ2) is 11.9. The molecule has 166 valence electrons. The molecule has 2 aliphatic rings. The van der Waals surface area contributed by atoms with Crippen LogP contribution < -0.4 is 16.0 Å². The minimum Gasteiger partial charge on any atom is -0.378 e. The number of rotatable bonds is 6. The van der Waals surface area contributed by atoms with E-state index in [-0.39, 0.29) is 0 Å². The van der Waals surface area contributed by atoms with Crippen molar-refractivity contribution in [2.45, 2.75) is 46.0 Å². The fourth-order valence-corrected chi connectivity index (χ4v) is 5.47. The molecule has 0 atom stereocenters. The van der Waals surface area contributed by atoms with Crippen LogP contribution in [0.3, 0.4) is 0 Å². The molecule has 0 bridgehead atoms. The number of aliphatic imine (C=N–C) groups is 1. The SMILES string of the molecule is CC(C)CN1CCN(c2ccc(NC(=S)/N=C(\N)SCC3CCCCC3)cc2)CC1. The van der Waals surface area contributed by atoms with E-state index in [1.54, 1.807) is 11.8 Å². The van der Waals surface area contributed by atoms with Crippen LogP contribution in [0.4, 0.5) is 11.4 Å². The molecule has 1 saturated heterocycles. The Hall–Kier alpha value is -1.31. The van der Waals surface area contributed by atoms with E-state index in [9.17, 15) is 0 Å². The molecular formula is C23H37N5S2. The van der Waals surface area contributed by atoms with Gasteiger partial charge in [-0.2, -0.15) is 4.99 Å². The molecule has 1 aliphatic heterocycles. The number of thioether (sulfide) groups is 1. The maximum atomic E-state index is 6.08. The number of hydrogen-bond acceptors (Lipinski definition) is 4. The highest BCUT2D eigenvalue weighted by atomic mass is 32.2. The normalized spacial score (nSPS) is 19.3. The van der Waals surface area contributed by atoms with Crippen LogP contribution in [0.2, 0.25) is 0 Å². The van der Waals surface area contributed by atoms with E-state index in [4.69, 9.17) is 18.0 Å². The van der Waals surface area contributed by atoms with Gasteiger partial charge >= 0.3 is 0 Å². The standard InChI is InChI=1S/C23H37N5S2/c1-18(2)16-27-12-14-28(15-13-27)21-10-8-20(9-11-21)25-23(29)26-22(24)30-17-19-6-4-3-5-7-19/h8-11,18-19H,3-7,12-17H2,1-2H3,(H3,24,25,26,29). The van der Waals surface area contributed by atoms with Gasteiger partial charge < -0.3 is 16.0 Å². The van der Waals surface area contributed by atoms with Crippen LogP contribution in [0.5, 0.6) is 0 Å². The number of amidine groups is 1. The third-order valence-corrected chi connectivity index (χ3v) is 7.10. The lowest BCUT2D eigenvalue weighted by Gasteiger charge is -2.36. The van der Waals surface area contributed by atoms with Crippen molar-refractivity contribution in [3.8, 4) is 0 Å². The van der Waals surface area contributed by atoms with E-state index >= 15 is 0 Å². The third kappa shape index (κ3) is 7.75. The van der Waals surface area contributed by atoms with Crippen LogP contribution in [-0.2, 0) is 0 Å². The number of thiocarbonyl (C=S) groups is 1. The molecule has 1 aromatic rings. The van der Waals surface area contributed by atoms with Gasteiger partial charge in [0.1, 0.15) is 0 Å². The quantitative estimate of drug-likeness (QED) is 0.371. The number of piperazine rings is 1. The summed E-state index contributed by atoms with van der Waals surface area (Å²) in [7, 11) is 0. The molecular weight excluding hydrogens is 410 g/mol. The second-order valence-electron chi connectivity index (χ2n) is 8.92. The molecule has 7 heteroatoms. The van der Waals surface area contributed by atoms with E-state index in [2.05, 4.69) is 58.2 Å². The van der Waals surface area contributed by atoms with Crippen molar-refractivity contribution in [3.05, 3.63) is 24.3 Å². The summed E-state index contributed by atoms with van der Waals surface area (Å²) in [5, 5.41) is 4.19. The maximum absolute atomic E-state index is 6.08. The molecule has 0 spiro atoms. The van der Waals surface area contributed by atoms with Crippen LogP contribution >= 0.6 is 24.0 Å². The Morgan fingerprint density at radius 3 is 2.43 bits per heavy atom. The van der Waals surface area contributed by atoms with Gasteiger partial charge in [0, 0.05) is 49.9 Å². The summed E-state index contributed by atoms with van der Waals surface area (Å²) < 4.78 is 0. The number of benzene rings is 1. The minimum absolute atomic E-state index is 0.429. The highest BCUT2D eigenvalue weighted by Gasteiger charge is 2.18. The summed E-state index contributed by atoms with van der Waals surface area (Å²) >= 11 is 7.02. The van der Waals surface area contributed by atoms with Gasteiger partial charge in [0.25, 0.3) is 0 Å². The molecule has 0 radical (unpaired) electrons. The van der Waals surface area contributed by atoms with Crippen LogP contribution in [0.15, 0.2) is 29.3 Å². The van der Waals surface area contributed by atoms with Crippen molar-refractivity contribution < 1.29 is 0 Å². The van der Waals surface area contributed by atoms with Gasteiger partial charge in [-0.05, 0) is 61.2 Å². The first-order valence-electron chi connectivity index (χ1n) is 11.3. The zero-order valence-corrected chi connectivity index (χ0v) is 20.1. The summed E-state index contributed by atoms with van der Waals surface area (Å²) in [5.74, 6) is 2.56. The first-order valence-corrected chi connectivity index (χ1v) is 12.7. The van der Waals surface area contributed by atoms with Gasteiger partial charge in [0.2, 0.25) is 0 Å². The molecule has 30 heavy (non-hydrogen) atoms. The Morgan fingerprint density at radius 1 is 1.13 bits per heavy atom. The number of nitrogens with zero attached hydrogens (tertiary/aromatic N) is 3. The molecule has 1 heterocycles. The van der Waals surface area contributed by atoms with Crippen molar-refractivity contribution >= 4 is 45.6 Å². The Kier molecular flexibility index (Phi) is 9.27. The van der Waals surface area contributed by atoms with Crippen LogP contribution in [0.25, 0.3) is 0 Å². The van der Waals surface area contributed by atoms with E-state index in [1.807, 2.05) is 0 Å². The lowest BCUT2D eigenvalue weighted by atomic mass is 9.91. The molecule has 2 fully saturated rings. The van der Waals surface area contributed by atoms with Gasteiger partial charge in [-0.25, -0.2) is 0 Å². The van der Waals surface area contributed by atoms with E-state index in [0.29, 0.717) is 10.3 Å². The fourth-order valence-electron chi connectivity index (χ4n) is 4.30. The zero-order valence-electron chi connectivity index (χ0n) is 18.5. The Bertz CT molecular complexity index is 690. The lowest BCUT2D eigenvalue weighted by molar-refractivity contribution is 0.231. The maximum Gasteiger partial charge on any atom is 0.199 e. The predicted octanol–water partition coefficient (Wildman–Crippen LogP) is 4.79. The molecule has 0 amide bonds. The number of nitrogens with one attached hydrogen (secondary N) is 1. The zero-order chi connectivity index (χ0) is 21.3. The highest BCUT2D eigenvalue weighted by molar-refractivity contribution is 8.13. The van der Waals surface area contributed by atoms with Crippen molar-refractivity contribution in [1.29, 1.82) is 0 Å². The van der Waals surface area contributed by atoms with Crippen LogP contribution in [0, 0.1) is 11.8 Å². The molecule has 1 aromatic carbocycles. The number of anilines is 2. The van der Waals surface area contributed by atoms with Crippen LogP contribution in [-0.4, -0.2) is 53.7 Å². The average molecular weight is 448 g/mol. The third-order valence-electron chi connectivity index (χ3n) is 5.88. The second-order valence-corrected chi connectivity index (χ2v) is 10.4. The summed E-state index contributed by atoms with van der Waals surface area (Å²) in [6.07, 6.45) is 6.73. The van der Waals surface area contributed by atoms with E-state index in [0.717, 1.165) is 49.5 Å². The summed E-state index contributed by atoms with van der Waals surface area (Å²) in [5.41, 5.74) is 8.30. The Labute approximate surface area is 191 Å². The van der Waals surface area contributed by atoms with Gasteiger partial charge in [0.05, 0.1) is 0 Å². The van der Waals surface area contributed by atoms with E-state index < -0.39 is 0 Å². The van der Waals surface area contributed by atoms with Gasteiger partial charge in [-0.15, -0.1) is 0 Å². The lowest BCUT2D eigenvalue weighted by Crippen LogP contribution is -2.47. The van der Waals surface area contributed by atoms with Crippen molar-refractivity contribution in [2.75, 3.05) is 48.7 Å². The predicted molar refractivity (Wildman–Crippen MR) is 137 cm³/mol. The highest BCUT2D eigenvalue weighted by Crippen LogP contribution is 2.26. The number of hydrogen-bond donors (Lipinski definition) is 2. The van der Waals surface area contributed by atoms with Crippen molar-refractivity contribution in [3.63, 3.8) is 0 Å². The largest absolute Gasteiger partial charge is 0.378 e. The fraction of sp³-hybridized carbons (Fsp3) is 0.652. The number of nitrogens with two attached hydrogens (primary N) is 1. The molecule has 3 N–H and O–H groups in total. The van der Waals surface area contributed by atoms with Crippen molar-refractivity contribution in [2.24, 2.45) is 22.6 Å². The molecule has 1 aliphatic carbocycles. The topological polar surface area (TPSA) is 56.9 Å². The molecule has 3 rings (SSSR count). The first-order chi connectivity index (χ1) is 14.5. The van der Waals surface area contributed by atoms with Crippen LogP contribution in [0.1, 0.15) is 46.0 Å². The first kappa shape index (κ1) is 23.4. The Balaban J connectivity index is 1.42. The van der Waals surface area contributed by atoms with E-state index in [1.165, 1.54) is 44.3 Å². The summed E-state index contributed by atoms with van der Waals surface area (Å²) in [6, 6.07) is 8.47. The molecule has 1 saturated carbocycles.